The summed E-state index contributed by atoms with van der Waals surface area (Å²) in [7, 11) is -0.865. The van der Waals surface area contributed by atoms with Gasteiger partial charge in [-0.1, -0.05) is 18.2 Å². The molecule has 3 aromatic carbocycles. The van der Waals surface area contributed by atoms with E-state index in [1.165, 1.54) is 20.3 Å². The number of nitrogens with one attached hydrogen (secondary N) is 1. The number of ether oxygens (including phenoxy) is 2. The fraction of sp³-hybridized carbons (Fsp3) is 0.267. The molecule has 10 nitrogen and oxygen atoms in total. The second-order valence-corrected chi connectivity index (χ2v) is 11.5. The van der Waals surface area contributed by atoms with Gasteiger partial charge in [0.05, 0.1) is 19.7 Å². The molecule has 0 bridgehead atoms. The van der Waals surface area contributed by atoms with Crippen LogP contribution in [0, 0.1) is 6.92 Å². The average molecular weight is 577 g/mol. The number of carbonyl (C=O) groups is 1. The quantitative estimate of drug-likeness (QED) is 0.323. The Hall–Kier alpha value is -4.35. The second-order valence-electron chi connectivity index (χ2n) is 9.84. The monoisotopic (exact) mass is 576 g/mol. The number of benzene rings is 3. The number of carbonyl (C=O) groups excluding carboxylic acids is 1. The lowest BCUT2D eigenvalue weighted by Crippen LogP contribution is -2.48. The molecule has 1 saturated heterocycles. The summed E-state index contributed by atoms with van der Waals surface area (Å²) in [6.07, 6.45) is 1.56. The maximum atomic E-state index is 13.2. The van der Waals surface area contributed by atoms with E-state index in [1.807, 2.05) is 25.1 Å². The number of para-hydroxylation sites is 1. The molecular formula is C30H32N4O6S. The van der Waals surface area contributed by atoms with Crippen LogP contribution in [0.2, 0.25) is 0 Å². The zero-order chi connectivity index (χ0) is 29.1. The number of phenols is 1. The molecule has 4 aromatic rings. The third kappa shape index (κ3) is 5.77. The second kappa shape index (κ2) is 11.6. The highest BCUT2D eigenvalue weighted by Crippen LogP contribution is 2.41. The summed E-state index contributed by atoms with van der Waals surface area (Å²) in [5.74, 6) is 0.727. The van der Waals surface area contributed by atoms with Gasteiger partial charge < -0.3 is 19.5 Å². The van der Waals surface area contributed by atoms with Crippen LogP contribution in [0.3, 0.4) is 0 Å². The molecule has 41 heavy (non-hydrogen) atoms. The van der Waals surface area contributed by atoms with Crippen molar-refractivity contribution >= 4 is 32.5 Å². The van der Waals surface area contributed by atoms with Crippen LogP contribution in [-0.2, 0) is 16.6 Å². The molecule has 1 amide bonds. The van der Waals surface area contributed by atoms with Gasteiger partial charge >= 0.3 is 0 Å². The molecule has 214 valence electrons. The Morgan fingerprint density at radius 1 is 1.00 bits per heavy atom. The Balaban J connectivity index is 1.22. The SMILES string of the molecule is COc1cc(C)c(CN2CCN(C(=O)c3ccc(NS(=O)(=O)c4cccc5cccnc45)cc3)CC2)c(O)c1OC. The van der Waals surface area contributed by atoms with E-state index < -0.39 is 10.0 Å². The van der Waals surface area contributed by atoms with Crippen molar-refractivity contribution in [1.29, 1.82) is 0 Å². The van der Waals surface area contributed by atoms with Crippen LogP contribution in [0.25, 0.3) is 10.9 Å². The number of amides is 1. The predicted octanol–water partition coefficient (Wildman–Crippen LogP) is 4.02. The lowest BCUT2D eigenvalue weighted by molar-refractivity contribution is 0.0627. The molecular weight excluding hydrogens is 544 g/mol. The number of piperazine rings is 1. The van der Waals surface area contributed by atoms with Crippen molar-refractivity contribution in [2.75, 3.05) is 45.1 Å². The average Bonchev–Trinajstić information content (AvgIpc) is 2.99. The normalized spacial score (nSPS) is 14.2. The highest BCUT2D eigenvalue weighted by atomic mass is 32.2. The Morgan fingerprint density at radius 2 is 1.71 bits per heavy atom. The smallest absolute Gasteiger partial charge is 0.264 e. The summed E-state index contributed by atoms with van der Waals surface area (Å²) < 4.78 is 39.4. The van der Waals surface area contributed by atoms with Crippen LogP contribution < -0.4 is 14.2 Å². The first-order valence-corrected chi connectivity index (χ1v) is 14.6. The fourth-order valence-corrected chi connectivity index (χ4v) is 6.28. The van der Waals surface area contributed by atoms with E-state index in [0.29, 0.717) is 61.0 Å². The zero-order valence-electron chi connectivity index (χ0n) is 23.1. The first-order valence-electron chi connectivity index (χ1n) is 13.1. The van der Waals surface area contributed by atoms with Crippen LogP contribution in [0.1, 0.15) is 21.5 Å². The number of aryl methyl sites for hydroxylation is 1. The van der Waals surface area contributed by atoms with Gasteiger partial charge in [0.25, 0.3) is 15.9 Å². The summed E-state index contributed by atoms with van der Waals surface area (Å²) in [5, 5.41) is 11.5. The predicted molar refractivity (Wildman–Crippen MR) is 156 cm³/mol. The van der Waals surface area contributed by atoms with E-state index in [2.05, 4.69) is 14.6 Å². The van der Waals surface area contributed by atoms with Crippen molar-refractivity contribution in [1.82, 2.24) is 14.8 Å². The summed E-state index contributed by atoms with van der Waals surface area (Å²) in [6, 6.07) is 16.8. The lowest BCUT2D eigenvalue weighted by atomic mass is 10.0. The number of rotatable bonds is 8. The van der Waals surface area contributed by atoms with Crippen molar-refractivity contribution in [2.24, 2.45) is 0 Å². The number of anilines is 1. The number of pyridine rings is 1. The molecule has 1 aliphatic rings. The number of fused-ring (bicyclic) bond motifs is 1. The van der Waals surface area contributed by atoms with Gasteiger partial charge in [0.1, 0.15) is 4.90 Å². The van der Waals surface area contributed by atoms with E-state index in [9.17, 15) is 18.3 Å². The van der Waals surface area contributed by atoms with E-state index in [-0.39, 0.29) is 16.6 Å². The highest BCUT2D eigenvalue weighted by Gasteiger charge is 2.25. The minimum Gasteiger partial charge on any atom is -0.504 e. The van der Waals surface area contributed by atoms with Gasteiger partial charge in [0.15, 0.2) is 11.5 Å². The van der Waals surface area contributed by atoms with E-state index in [0.717, 1.165) is 16.5 Å². The third-order valence-corrected chi connectivity index (χ3v) is 8.70. The molecule has 2 N–H and O–H groups in total. The van der Waals surface area contributed by atoms with E-state index >= 15 is 0 Å². The summed E-state index contributed by atoms with van der Waals surface area (Å²) in [6.45, 7) is 4.75. The molecule has 1 aliphatic heterocycles. The van der Waals surface area contributed by atoms with Crippen molar-refractivity contribution < 1.29 is 27.8 Å². The lowest BCUT2D eigenvalue weighted by Gasteiger charge is -2.35. The Kier molecular flexibility index (Phi) is 8.00. The van der Waals surface area contributed by atoms with Gasteiger partial charge in [-0.15, -0.1) is 0 Å². The Morgan fingerprint density at radius 3 is 2.39 bits per heavy atom. The third-order valence-electron chi connectivity index (χ3n) is 7.28. The van der Waals surface area contributed by atoms with Crippen LogP contribution >= 0.6 is 0 Å². The van der Waals surface area contributed by atoms with Crippen LogP contribution in [0.5, 0.6) is 17.2 Å². The van der Waals surface area contributed by atoms with Gasteiger partial charge in [-0.3, -0.25) is 19.4 Å². The molecule has 1 aromatic heterocycles. The van der Waals surface area contributed by atoms with Crippen LogP contribution in [0.4, 0.5) is 5.69 Å². The van der Waals surface area contributed by atoms with E-state index in [4.69, 9.17) is 9.47 Å². The first-order chi connectivity index (χ1) is 19.7. The molecule has 0 spiro atoms. The Bertz CT molecular complexity index is 1680. The van der Waals surface area contributed by atoms with Crippen LogP contribution in [0.15, 0.2) is 71.8 Å². The number of nitrogens with zero attached hydrogens (tertiary/aromatic N) is 3. The minimum absolute atomic E-state index is 0.0651. The molecule has 11 heteroatoms. The highest BCUT2D eigenvalue weighted by molar-refractivity contribution is 7.93. The van der Waals surface area contributed by atoms with Gasteiger partial charge in [-0.25, -0.2) is 8.42 Å². The summed E-state index contributed by atoms with van der Waals surface area (Å²) in [5.41, 5.74) is 2.88. The molecule has 5 rings (SSSR count). The Labute approximate surface area is 239 Å². The van der Waals surface area contributed by atoms with Crippen molar-refractivity contribution in [3.05, 3.63) is 83.6 Å². The van der Waals surface area contributed by atoms with Crippen molar-refractivity contribution in [2.45, 2.75) is 18.4 Å². The summed E-state index contributed by atoms with van der Waals surface area (Å²) >= 11 is 0. The number of hydrogen-bond donors (Lipinski definition) is 2. The molecule has 2 heterocycles. The molecule has 0 atom stereocenters. The minimum atomic E-state index is -3.89. The number of hydrogen-bond acceptors (Lipinski definition) is 8. The fourth-order valence-electron chi connectivity index (χ4n) is 5.04. The van der Waals surface area contributed by atoms with E-state index in [1.54, 1.807) is 47.5 Å². The first kappa shape index (κ1) is 28.2. The van der Waals surface area contributed by atoms with Gasteiger partial charge in [-0.05, 0) is 55.0 Å². The van der Waals surface area contributed by atoms with Gasteiger partial charge in [0, 0.05) is 61.1 Å². The molecule has 0 aliphatic carbocycles. The molecule has 0 unspecified atom stereocenters. The standard InChI is InChI=1S/C30H32N4O6S/c1-20-18-25(39-2)29(40-3)28(35)24(20)19-33-14-16-34(17-15-33)30(36)22-9-11-23(12-10-22)32-41(37,38)26-8-4-6-21-7-5-13-31-27(21)26/h4-13,18,32,35H,14-17,19H2,1-3H3. The molecule has 0 radical (unpaired) electrons. The number of sulfonamides is 1. The summed E-state index contributed by atoms with van der Waals surface area (Å²) in [4.78, 5) is 21.5. The number of methoxy groups -OCH3 is 2. The topological polar surface area (TPSA) is 121 Å². The molecule has 0 saturated carbocycles. The maximum Gasteiger partial charge on any atom is 0.264 e. The van der Waals surface area contributed by atoms with Crippen molar-refractivity contribution in [3.63, 3.8) is 0 Å². The van der Waals surface area contributed by atoms with Gasteiger partial charge in [0.2, 0.25) is 5.75 Å². The number of phenolic OH excluding ortho intramolecular Hbond substituents is 1. The maximum absolute atomic E-state index is 13.2. The number of aromatic nitrogens is 1. The van der Waals surface area contributed by atoms with Gasteiger partial charge in [-0.2, -0.15) is 0 Å². The largest absolute Gasteiger partial charge is 0.504 e. The molecule has 1 fully saturated rings. The van der Waals surface area contributed by atoms with Crippen molar-refractivity contribution in [3.8, 4) is 17.2 Å². The zero-order valence-corrected chi connectivity index (χ0v) is 23.9. The van der Waals surface area contributed by atoms with Crippen LogP contribution in [-0.4, -0.2) is 74.6 Å². The number of aromatic hydroxyl groups is 1.